The maximum absolute atomic E-state index is 12.6. The molecule has 1 heterocycles. The summed E-state index contributed by atoms with van der Waals surface area (Å²) in [6.07, 6.45) is 3.03. The van der Waals surface area contributed by atoms with Crippen LogP contribution in [0.4, 0.5) is 0 Å². The first kappa shape index (κ1) is 15.4. The Labute approximate surface area is 129 Å². The van der Waals surface area contributed by atoms with Crippen LogP contribution in [-0.2, 0) is 0 Å². The quantitative estimate of drug-likeness (QED) is 0.833. The SMILES string of the molecule is CCC(CC)(NC(=O)c1cccc2ncccc12)C(N)=S. The van der Waals surface area contributed by atoms with Crippen LogP contribution in [0.25, 0.3) is 10.9 Å². The van der Waals surface area contributed by atoms with E-state index in [1.54, 1.807) is 12.3 Å². The topological polar surface area (TPSA) is 68.0 Å². The summed E-state index contributed by atoms with van der Waals surface area (Å²) in [4.78, 5) is 17.2. The van der Waals surface area contributed by atoms with E-state index in [-0.39, 0.29) is 5.91 Å². The van der Waals surface area contributed by atoms with E-state index in [0.717, 1.165) is 10.9 Å². The molecule has 1 aromatic carbocycles. The Bertz CT molecular complexity index is 675. The third-order valence-electron chi connectivity index (χ3n) is 3.92. The lowest BCUT2D eigenvalue weighted by atomic mass is 9.92. The van der Waals surface area contributed by atoms with Gasteiger partial charge in [0, 0.05) is 17.1 Å². The number of benzene rings is 1. The van der Waals surface area contributed by atoms with Crippen molar-refractivity contribution in [3.63, 3.8) is 0 Å². The highest BCUT2D eigenvalue weighted by atomic mass is 32.1. The number of hydrogen-bond donors (Lipinski definition) is 2. The van der Waals surface area contributed by atoms with E-state index in [1.165, 1.54) is 0 Å². The zero-order valence-electron chi connectivity index (χ0n) is 12.2. The molecule has 21 heavy (non-hydrogen) atoms. The Morgan fingerprint density at radius 2 is 2.00 bits per heavy atom. The van der Waals surface area contributed by atoms with Gasteiger partial charge in [0.25, 0.3) is 5.91 Å². The van der Waals surface area contributed by atoms with Crippen molar-refractivity contribution in [1.82, 2.24) is 10.3 Å². The van der Waals surface area contributed by atoms with Crippen molar-refractivity contribution in [2.75, 3.05) is 0 Å². The van der Waals surface area contributed by atoms with Crippen molar-refractivity contribution in [2.45, 2.75) is 32.2 Å². The van der Waals surface area contributed by atoms with Gasteiger partial charge in [0.15, 0.2) is 0 Å². The molecule has 1 amide bonds. The van der Waals surface area contributed by atoms with Crippen LogP contribution in [0.1, 0.15) is 37.0 Å². The number of pyridine rings is 1. The smallest absolute Gasteiger partial charge is 0.252 e. The molecule has 2 rings (SSSR count). The molecule has 0 bridgehead atoms. The number of carbonyl (C=O) groups excluding carboxylic acids is 1. The Kier molecular flexibility index (Phi) is 4.53. The predicted molar refractivity (Wildman–Crippen MR) is 89.3 cm³/mol. The number of aromatic nitrogens is 1. The van der Waals surface area contributed by atoms with Crippen LogP contribution in [0.2, 0.25) is 0 Å². The number of amides is 1. The second-order valence-corrected chi connectivity index (χ2v) is 5.42. The molecule has 0 aliphatic carbocycles. The van der Waals surface area contributed by atoms with Gasteiger partial charge in [0.1, 0.15) is 0 Å². The molecular formula is C16H19N3OS. The number of carbonyl (C=O) groups is 1. The van der Waals surface area contributed by atoms with E-state index < -0.39 is 5.54 Å². The third kappa shape index (κ3) is 2.88. The lowest BCUT2D eigenvalue weighted by Gasteiger charge is -2.31. The fourth-order valence-corrected chi connectivity index (χ4v) is 2.76. The number of fused-ring (bicyclic) bond motifs is 1. The van der Waals surface area contributed by atoms with Crippen LogP contribution in [-0.4, -0.2) is 21.4 Å². The van der Waals surface area contributed by atoms with Crippen LogP contribution >= 0.6 is 12.2 Å². The average Bonchev–Trinajstić information content (AvgIpc) is 2.51. The minimum Gasteiger partial charge on any atom is -0.391 e. The highest BCUT2D eigenvalue weighted by Gasteiger charge is 2.32. The molecule has 0 fully saturated rings. The van der Waals surface area contributed by atoms with Crippen molar-refractivity contribution in [3.8, 4) is 0 Å². The number of nitrogens with zero attached hydrogens (tertiary/aromatic N) is 1. The highest BCUT2D eigenvalue weighted by Crippen LogP contribution is 2.20. The van der Waals surface area contributed by atoms with Crippen LogP contribution < -0.4 is 11.1 Å². The van der Waals surface area contributed by atoms with E-state index in [9.17, 15) is 4.79 Å². The van der Waals surface area contributed by atoms with Crippen LogP contribution in [0.3, 0.4) is 0 Å². The van der Waals surface area contributed by atoms with Gasteiger partial charge in [0.05, 0.1) is 16.0 Å². The summed E-state index contributed by atoms with van der Waals surface area (Å²) in [7, 11) is 0. The predicted octanol–water partition coefficient (Wildman–Crippen LogP) is 2.81. The van der Waals surface area contributed by atoms with E-state index in [2.05, 4.69) is 10.3 Å². The average molecular weight is 301 g/mol. The molecule has 0 aliphatic rings. The maximum atomic E-state index is 12.6. The van der Waals surface area contributed by atoms with Crippen LogP contribution in [0.5, 0.6) is 0 Å². The summed E-state index contributed by atoms with van der Waals surface area (Å²) in [5, 5.41) is 3.83. The second-order valence-electron chi connectivity index (χ2n) is 4.98. The van der Waals surface area contributed by atoms with Gasteiger partial charge in [0.2, 0.25) is 0 Å². The van der Waals surface area contributed by atoms with Gasteiger partial charge in [-0.15, -0.1) is 0 Å². The van der Waals surface area contributed by atoms with Crippen molar-refractivity contribution in [2.24, 2.45) is 5.73 Å². The summed E-state index contributed by atoms with van der Waals surface area (Å²) >= 11 is 5.14. The number of nitrogens with one attached hydrogen (secondary N) is 1. The fraction of sp³-hybridized carbons (Fsp3) is 0.312. The van der Waals surface area contributed by atoms with E-state index in [4.69, 9.17) is 18.0 Å². The molecule has 0 radical (unpaired) electrons. The van der Waals surface area contributed by atoms with Gasteiger partial charge in [-0.25, -0.2) is 0 Å². The molecule has 1 aromatic heterocycles. The number of rotatable bonds is 5. The Morgan fingerprint density at radius 3 is 2.62 bits per heavy atom. The number of hydrogen-bond acceptors (Lipinski definition) is 3. The normalized spacial score (nSPS) is 11.3. The molecular weight excluding hydrogens is 282 g/mol. The minimum absolute atomic E-state index is 0.176. The molecule has 0 spiro atoms. The molecule has 2 aromatic rings. The van der Waals surface area contributed by atoms with E-state index in [0.29, 0.717) is 23.4 Å². The molecule has 0 saturated heterocycles. The molecule has 0 saturated carbocycles. The standard InChI is InChI=1S/C16H19N3OS/c1-3-16(4-2,15(17)21)19-14(20)12-7-5-9-13-11(12)8-6-10-18-13/h5-10H,3-4H2,1-2H3,(H2,17,21)(H,19,20). The maximum Gasteiger partial charge on any atom is 0.252 e. The van der Waals surface area contributed by atoms with Gasteiger partial charge >= 0.3 is 0 Å². The first-order valence-electron chi connectivity index (χ1n) is 7.00. The molecule has 110 valence electrons. The van der Waals surface area contributed by atoms with Crippen molar-refractivity contribution in [3.05, 3.63) is 42.1 Å². The zero-order valence-corrected chi connectivity index (χ0v) is 13.0. The lowest BCUT2D eigenvalue weighted by molar-refractivity contribution is 0.0921. The molecule has 3 N–H and O–H groups in total. The van der Waals surface area contributed by atoms with E-state index in [1.807, 2.05) is 38.1 Å². The van der Waals surface area contributed by atoms with Crippen molar-refractivity contribution < 1.29 is 4.79 Å². The largest absolute Gasteiger partial charge is 0.391 e. The summed E-state index contributed by atoms with van der Waals surface area (Å²) < 4.78 is 0. The highest BCUT2D eigenvalue weighted by molar-refractivity contribution is 7.80. The van der Waals surface area contributed by atoms with Crippen molar-refractivity contribution in [1.29, 1.82) is 0 Å². The Hall–Kier alpha value is -2.01. The summed E-state index contributed by atoms with van der Waals surface area (Å²) in [6, 6.07) is 9.20. The third-order valence-corrected chi connectivity index (χ3v) is 4.31. The summed E-state index contributed by atoms with van der Waals surface area (Å²) in [5.41, 5.74) is 6.57. The first-order valence-corrected chi connectivity index (χ1v) is 7.41. The molecule has 0 unspecified atom stereocenters. The Morgan fingerprint density at radius 1 is 1.29 bits per heavy atom. The van der Waals surface area contributed by atoms with Crippen molar-refractivity contribution >= 4 is 34.0 Å². The molecule has 0 atom stereocenters. The Balaban J connectivity index is 2.41. The number of thiocarbonyl (C=S) groups is 1. The molecule has 0 aliphatic heterocycles. The monoisotopic (exact) mass is 301 g/mol. The van der Waals surface area contributed by atoms with Gasteiger partial charge in [-0.1, -0.05) is 38.2 Å². The van der Waals surface area contributed by atoms with Gasteiger partial charge < -0.3 is 11.1 Å². The first-order chi connectivity index (χ1) is 10.0. The van der Waals surface area contributed by atoms with Gasteiger partial charge in [-0.3, -0.25) is 9.78 Å². The second kappa shape index (κ2) is 6.18. The zero-order chi connectivity index (χ0) is 15.5. The van der Waals surface area contributed by atoms with Gasteiger partial charge in [-0.05, 0) is 31.0 Å². The molecule has 4 nitrogen and oxygen atoms in total. The summed E-state index contributed by atoms with van der Waals surface area (Å²) in [6.45, 7) is 3.93. The van der Waals surface area contributed by atoms with Crippen LogP contribution in [0, 0.1) is 0 Å². The summed E-state index contributed by atoms with van der Waals surface area (Å²) in [5.74, 6) is -0.176. The van der Waals surface area contributed by atoms with Gasteiger partial charge in [-0.2, -0.15) is 0 Å². The fourth-order valence-electron chi connectivity index (χ4n) is 2.42. The lowest BCUT2D eigenvalue weighted by Crippen LogP contribution is -2.56. The molecule has 5 heteroatoms. The minimum atomic E-state index is -0.642. The number of nitrogens with two attached hydrogens (primary N) is 1. The van der Waals surface area contributed by atoms with E-state index >= 15 is 0 Å². The van der Waals surface area contributed by atoms with Crippen LogP contribution in [0.15, 0.2) is 36.5 Å².